The zero-order chi connectivity index (χ0) is 16.8. The quantitative estimate of drug-likeness (QED) is 0.381. The van der Waals surface area contributed by atoms with Gasteiger partial charge in [0.05, 0.1) is 6.54 Å². The van der Waals surface area contributed by atoms with Crippen LogP contribution in [-0.2, 0) is 14.4 Å². The molecule has 0 aromatic heterocycles. The molecule has 0 aromatic carbocycles. The van der Waals surface area contributed by atoms with Crippen molar-refractivity contribution in [1.82, 2.24) is 16.0 Å². The molecule has 3 amide bonds. The van der Waals surface area contributed by atoms with Gasteiger partial charge in [-0.2, -0.15) is 0 Å². The number of rotatable bonds is 12. The lowest BCUT2D eigenvalue weighted by molar-refractivity contribution is -0.129. The first-order valence-corrected chi connectivity index (χ1v) is 8.08. The minimum absolute atomic E-state index is 0.109. The van der Waals surface area contributed by atoms with Crippen LogP contribution < -0.4 is 21.7 Å². The van der Waals surface area contributed by atoms with Gasteiger partial charge in [-0.1, -0.05) is 26.7 Å². The van der Waals surface area contributed by atoms with Gasteiger partial charge in [0.15, 0.2) is 0 Å². The molecule has 0 saturated carbocycles. The SMILES string of the molecule is CCCCNC(=O)CC[C@H](NC(=O)CN)C(=O)NCCCC. The third kappa shape index (κ3) is 10.1. The van der Waals surface area contributed by atoms with Gasteiger partial charge in [0.2, 0.25) is 17.7 Å². The van der Waals surface area contributed by atoms with E-state index in [1.54, 1.807) is 0 Å². The lowest BCUT2D eigenvalue weighted by Crippen LogP contribution is -2.49. The number of hydrogen-bond donors (Lipinski definition) is 4. The Hall–Kier alpha value is -1.63. The zero-order valence-electron chi connectivity index (χ0n) is 13.7. The molecule has 0 aliphatic rings. The highest BCUT2D eigenvalue weighted by Gasteiger charge is 2.20. The highest BCUT2D eigenvalue weighted by atomic mass is 16.2. The molecule has 0 spiro atoms. The highest BCUT2D eigenvalue weighted by Crippen LogP contribution is 1.99. The minimum Gasteiger partial charge on any atom is -0.356 e. The van der Waals surface area contributed by atoms with E-state index in [1.165, 1.54) is 0 Å². The Morgan fingerprint density at radius 2 is 1.55 bits per heavy atom. The maximum atomic E-state index is 12.0. The first-order chi connectivity index (χ1) is 10.5. The zero-order valence-corrected chi connectivity index (χ0v) is 13.7. The van der Waals surface area contributed by atoms with E-state index >= 15 is 0 Å². The maximum absolute atomic E-state index is 12.0. The Morgan fingerprint density at radius 1 is 0.955 bits per heavy atom. The monoisotopic (exact) mass is 314 g/mol. The van der Waals surface area contributed by atoms with E-state index < -0.39 is 11.9 Å². The van der Waals surface area contributed by atoms with E-state index in [0.717, 1.165) is 25.7 Å². The van der Waals surface area contributed by atoms with Crippen LogP contribution in [0.5, 0.6) is 0 Å². The molecule has 0 unspecified atom stereocenters. The van der Waals surface area contributed by atoms with Crippen LogP contribution in [0.25, 0.3) is 0 Å². The molecule has 0 bridgehead atoms. The van der Waals surface area contributed by atoms with E-state index in [9.17, 15) is 14.4 Å². The fourth-order valence-electron chi connectivity index (χ4n) is 1.80. The van der Waals surface area contributed by atoms with Crippen molar-refractivity contribution in [2.24, 2.45) is 5.73 Å². The molecule has 0 rings (SSSR count). The number of nitrogens with two attached hydrogens (primary N) is 1. The van der Waals surface area contributed by atoms with Crippen LogP contribution in [0, 0.1) is 0 Å². The lowest BCUT2D eigenvalue weighted by atomic mass is 10.1. The van der Waals surface area contributed by atoms with Crippen molar-refractivity contribution in [3.8, 4) is 0 Å². The lowest BCUT2D eigenvalue weighted by Gasteiger charge is -2.18. The van der Waals surface area contributed by atoms with E-state index in [1.807, 2.05) is 13.8 Å². The summed E-state index contributed by atoms with van der Waals surface area (Å²) in [6, 6.07) is -0.718. The Kier molecular flexibility index (Phi) is 12.1. The predicted molar refractivity (Wildman–Crippen MR) is 86.1 cm³/mol. The third-order valence-electron chi connectivity index (χ3n) is 3.18. The molecular formula is C15H30N4O3. The molecule has 0 aliphatic carbocycles. The third-order valence-corrected chi connectivity index (χ3v) is 3.18. The topological polar surface area (TPSA) is 113 Å². The molecule has 0 aromatic rings. The Balaban J connectivity index is 4.30. The van der Waals surface area contributed by atoms with Gasteiger partial charge in [0.1, 0.15) is 6.04 Å². The second-order valence-corrected chi connectivity index (χ2v) is 5.21. The summed E-state index contributed by atoms with van der Waals surface area (Å²) in [4.78, 5) is 35.1. The minimum atomic E-state index is -0.718. The smallest absolute Gasteiger partial charge is 0.242 e. The van der Waals surface area contributed by atoms with Gasteiger partial charge in [-0.3, -0.25) is 14.4 Å². The van der Waals surface area contributed by atoms with Gasteiger partial charge >= 0.3 is 0 Å². The van der Waals surface area contributed by atoms with E-state index in [4.69, 9.17) is 5.73 Å². The van der Waals surface area contributed by atoms with Crippen molar-refractivity contribution in [2.45, 2.75) is 58.4 Å². The second kappa shape index (κ2) is 13.1. The van der Waals surface area contributed by atoms with Crippen molar-refractivity contribution in [3.05, 3.63) is 0 Å². The molecule has 22 heavy (non-hydrogen) atoms. The second-order valence-electron chi connectivity index (χ2n) is 5.21. The molecule has 7 heteroatoms. The maximum Gasteiger partial charge on any atom is 0.242 e. The molecule has 128 valence electrons. The average molecular weight is 314 g/mol. The van der Waals surface area contributed by atoms with E-state index in [-0.39, 0.29) is 31.2 Å². The largest absolute Gasteiger partial charge is 0.356 e. The average Bonchev–Trinajstić information content (AvgIpc) is 2.51. The van der Waals surface area contributed by atoms with Crippen molar-refractivity contribution in [2.75, 3.05) is 19.6 Å². The molecule has 0 saturated heterocycles. The van der Waals surface area contributed by atoms with Crippen molar-refractivity contribution in [3.63, 3.8) is 0 Å². The van der Waals surface area contributed by atoms with Crippen molar-refractivity contribution < 1.29 is 14.4 Å². The van der Waals surface area contributed by atoms with E-state index in [2.05, 4.69) is 16.0 Å². The summed E-state index contributed by atoms with van der Waals surface area (Å²) in [6.07, 6.45) is 4.24. The van der Waals surface area contributed by atoms with Gasteiger partial charge in [-0.15, -0.1) is 0 Å². The summed E-state index contributed by atoms with van der Waals surface area (Å²) in [5, 5.41) is 8.11. The Morgan fingerprint density at radius 3 is 2.09 bits per heavy atom. The molecule has 5 N–H and O–H groups in total. The molecule has 0 fully saturated rings. The number of nitrogens with one attached hydrogen (secondary N) is 3. The molecule has 7 nitrogen and oxygen atoms in total. The van der Waals surface area contributed by atoms with Crippen molar-refractivity contribution in [1.29, 1.82) is 0 Å². The highest BCUT2D eigenvalue weighted by molar-refractivity contribution is 5.88. The number of carbonyl (C=O) groups is 3. The molecule has 1 atom stereocenters. The van der Waals surface area contributed by atoms with Gasteiger partial charge in [-0.05, 0) is 19.3 Å². The first kappa shape index (κ1) is 20.4. The standard InChI is InChI=1S/C15H30N4O3/c1-3-5-9-17-13(20)8-7-12(19-14(21)11-16)15(22)18-10-6-4-2/h12H,3-11,16H2,1-2H3,(H,17,20)(H,18,22)(H,19,21)/t12-/m0/s1. The van der Waals surface area contributed by atoms with Crippen LogP contribution in [0.4, 0.5) is 0 Å². The fraction of sp³-hybridized carbons (Fsp3) is 0.800. The molecule has 0 aliphatic heterocycles. The number of hydrogen-bond acceptors (Lipinski definition) is 4. The summed E-state index contributed by atoms with van der Waals surface area (Å²) in [5.41, 5.74) is 5.26. The Bertz CT molecular complexity index is 348. The Labute approximate surface area is 132 Å². The van der Waals surface area contributed by atoms with Crippen molar-refractivity contribution >= 4 is 17.7 Å². The number of carbonyl (C=O) groups excluding carboxylic acids is 3. The number of unbranched alkanes of at least 4 members (excludes halogenated alkanes) is 2. The molecule has 0 radical (unpaired) electrons. The van der Waals surface area contributed by atoms with E-state index in [0.29, 0.717) is 13.1 Å². The van der Waals surface area contributed by atoms with Crippen LogP contribution >= 0.6 is 0 Å². The molecular weight excluding hydrogens is 284 g/mol. The normalized spacial score (nSPS) is 11.6. The summed E-state index contributed by atoms with van der Waals surface area (Å²) >= 11 is 0. The van der Waals surface area contributed by atoms with Crippen LogP contribution in [0.1, 0.15) is 52.4 Å². The molecule has 0 heterocycles. The van der Waals surface area contributed by atoms with Crippen LogP contribution in [-0.4, -0.2) is 43.4 Å². The predicted octanol–water partition coefficient (Wildman–Crippen LogP) is 0.0427. The number of amides is 3. The van der Waals surface area contributed by atoms with Gasteiger partial charge in [-0.25, -0.2) is 0 Å². The first-order valence-electron chi connectivity index (χ1n) is 8.08. The van der Waals surface area contributed by atoms with Gasteiger partial charge in [0, 0.05) is 19.5 Å². The summed E-state index contributed by atoms with van der Waals surface area (Å²) < 4.78 is 0. The van der Waals surface area contributed by atoms with Crippen LogP contribution in [0.2, 0.25) is 0 Å². The fourth-order valence-corrected chi connectivity index (χ4v) is 1.80. The van der Waals surface area contributed by atoms with Gasteiger partial charge < -0.3 is 21.7 Å². The van der Waals surface area contributed by atoms with Crippen LogP contribution in [0.15, 0.2) is 0 Å². The van der Waals surface area contributed by atoms with Crippen LogP contribution in [0.3, 0.4) is 0 Å². The summed E-state index contributed by atoms with van der Waals surface area (Å²) in [5.74, 6) is -0.777. The summed E-state index contributed by atoms with van der Waals surface area (Å²) in [7, 11) is 0. The van der Waals surface area contributed by atoms with Gasteiger partial charge in [0.25, 0.3) is 0 Å². The summed E-state index contributed by atoms with van der Waals surface area (Å²) in [6.45, 7) is 5.10.